The molecule has 0 atom stereocenters. The largest absolute Gasteiger partial charge is 0.372 e. The van der Waals surface area contributed by atoms with E-state index in [-0.39, 0.29) is 0 Å². The Morgan fingerprint density at radius 1 is 1.39 bits per heavy atom. The Hall–Kier alpha value is -1.88. The van der Waals surface area contributed by atoms with Gasteiger partial charge in [0.1, 0.15) is 5.82 Å². The third kappa shape index (κ3) is 2.87. The zero-order valence-corrected chi connectivity index (χ0v) is 11.8. The maximum absolute atomic E-state index is 8.83. The fourth-order valence-electron chi connectivity index (χ4n) is 1.40. The molecular formula is C12H10IN5. The zero-order chi connectivity index (χ0) is 13.0. The lowest BCUT2D eigenvalue weighted by atomic mass is 10.2. The summed E-state index contributed by atoms with van der Waals surface area (Å²) in [7, 11) is 1.81. The summed E-state index contributed by atoms with van der Waals surface area (Å²) in [6, 6.07) is 9.26. The molecule has 1 aromatic heterocycles. The monoisotopic (exact) mass is 351 g/mol. The second-order valence-corrected chi connectivity index (χ2v) is 4.62. The molecule has 1 heterocycles. The maximum atomic E-state index is 8.83. The number of aromatic nitrogens is 2. The number of anilines is 3. The van der Waals surface area contributed by atoms with Gasteiger partial charge in [0.05, 0.1) is 15.2 Å². The van der Waals surface area contributed by atoms with Gasteiger partial charge in [-0.25, -0.2) is 4.98 Å². The molecule has 0 aliphatic carbocycles. The van der Waals surface area contributed by atoms with Gasteiger partial charge in [0.15, 0.2) is 0 Å². The van der Waals surface area contributed by atoms with E-state index in [2.05, 4.69) is 49.3 Å². The predicted octanol–water partition coefficient (Wildman–Crippen LogP) is 2.74. The topological polar surface area (TPSA) is 73.6 Å². The van der Waals surface area contributed by atoms with Gasteiger partial charge in [-0.05, 0) is 40.8 Å². The van der Waals surface area contributed by atoms with Crippen molar-refractivity contribution in [1.29, 1.82) is 5.26 Å². The van der Waals surface area contributed by atoms with Crippen LogP contribution < -0.4 is 10.6 Å². The predicted molar refractivity (Wildman–Crippen MR) is 78.7 cm³/mol. The van der Waals surface area contributed by atoms with E-state index < -0.39 is 0 Å². The van der Waals surface area contributed by atoms with E-state index in [0.717, 1.165) is 15.1 Å². The standard InChI is InChI=1S/C12H10IN5/c1-15-11-10(13)7-16-12(18-11)17-9-4-2-3-8(5-9)6-14/h2-5,7H,1H3,(H2,15,16,17,18). The molecule has 2 rings (SSSR count). The van der Waals surface area contributed by atoms with Crippen LogP contribution in [-0.4, -0.2) is 17.0 Å². The number of hydrogen-bond acceptors (Lipinski definition) is 5. The van der Waals surface area contributed by atoms with Crippen molar-refractivity contribution in [3.8, 4) is 6.07 Å². The summed E-state index contributed by atoms with van der Waals surface area (Å²) in [6.45, 7) is 0. The van der Waals surface area contributed by atoms with Crippen LogP contribution in [0.15, 0.2) is 30.5 Å². The summed E-state index contributed by atoms with van der Waals surface area (Å²) in [5.74, 6) is 1.26. The summed E-state index contributed by atoms with van der Waals surface area (Å²) >= 11 is 2.16. The molecule has 0 radical (unpaired) electrons. The van der Waals surface area contributed by atoms with Gasteiger partial charge in [-0.3, -0.25) is 0 Å². The molecule has 0 bridgehead atoms. The van der Waals surface area contributed by atoms with Crippen LogP contribution in [-0.2, 0) is 0 Å². The van der Waals surface area contributed by atoms with Crippen LogP contribution in [0, 0.1) is 14.9 Å². The Morgan fingerprint density at radius 2 is 2.22 bits per heavy atom. The Morgan fingerprint density at radius 3 is 2.94 bits per heavy atom. The lowest BCUT2D eigenvalue weighted by Gasteiger charge is -2.07. The maximum Gasteiger partial charge on any atom is 0.229 e. The molecule has 1 aromatic carbocycles. The van der Waals surface area contributed by atoms with Crippen LogP contribution in [0.1, 0.15) is 5.56 Å². The van der Waals surface area contributed by atoms with Crippen molar-refractivity contribution in [3.05, 3.63) is 39.6 Å². The van der Waals surface area contributed by atoms with Gasteiger partial charge in [0.25, 0.3) is 0 Å². The highest BCUT2D eigenvalue weighted by Gasteiger charge is 2.03. The summed E-state index contributed by atoms with van der Waals surface area (Å²) in [5, 5.41) is 14.9. The van der Waals surface area contributed by atoms with Crippen molar-refractivity contribution in [3.63, 3.8) is 0 Å². The van der Waals surface area contributed by atoms with Gasteiger partial charge in [-0.2, -0.15) is 10.2 Å². The first-order valence-corrected chi connectivity index (χ1v) is 6.28. The van der Waals surface area contributed by atoms with Crippen LogP contribution in [0.2, 0.25) is 0 Å². The molecule has 0 aliphatic rings. The first-order chi connectivity index (χ1) is 8.72. The molecule has 90 valence electrons. The minimum atomic E-state index is 0.495. The lowest BCUT2D eigenvalue weighted by molar-refractivity contribution is 1.14. The molecule has 0 fully saturated rings. The number of hydrogen-bond donors (Lipinski definition) is 2. The second-order valence-electron chi connectivity index (χ2n) is 3.46. The second kappa shape index (κ2) is 5.64. The van der Waals surface area contributed by atoms with E-state index in [1.54, 1.807) is 18.3 Å². The molecule has 0 saturated heterocycles. The molecule has 0 unspecified atom stereocenters. The van der Waals surface area contributed by atoms with Crippen molar-refractivity contribution < 1.29 is 0 Å². The molecule has 2 aromatic rings. The number of rotatable bonds is 3. The molecule has 0 aliphatic heterocycles. The fourth-order valence-corrected chi connectivity index (χ4v) is 1.93. The summed E-state index contributed by atoms with van der Waals surface area (Å²) in [4.78, 5) is 8.50. The molecule has 0 amide bonds. The van der Waals surface area contributed by atoms with Gasteiger partial charge in [0, 0.05) is 18.9 Å². The van der Waals surface area contributed by atoms with Gasteiger partial charge < -0.3 is 10.6 Å². The first kappa shape index (κ1) is 12.6. The Bertz CT molecular complexity index is 606. The smallest absolute Gasteiger partial charge is 0.229 e. The zero-order valence-electron chi connectivity index (χ0n) is 9.61. The average Bonchev–Trinajstić information content (AvgIpc) is 2.41. The lowest BCUT2D eigenvalue weighted by Crippen LogP contribution is -2.02. The van der Waals surface area contributed by atoms with E-state index in [4.69, 9.17) is 5.26 Å². The first-order valence-electron chi connectivity index (χ1n) is 5.20. The van der Waals surface area contributed by atoms with E-state index >= 15 is 0 Å². The van der Waals surface area contributed by atoms with Crippen LogP contribution >= 0.6 is 22.6 Å². The molecule has 6 heteroatoms. The van der Waals surface area contributed by atoms with Gasteiger partial charge in [0.2, 0.25) is 5.95 Å². The van der Waals surface area contributed by atoms with E-state index in [9.17, 15) is 0 Å². The van der Waals surface area contributed by atoms with E-state index in [0.29, 0.717) is 11.5 Å². The quantitative estimate of drug-likeness (QED) is 0.832. The van der Waals surface area contributed by atoms with Crippen LogP contribution in [0.3, 0.4) is 0 Å². The minimum Gasteiger partial charge on any atom is -0.372 e. The number of halogens is 1. The number of nitrogens with one attached hydrogen (secondary N) is 2. The van der Waals surface area contributed by atoms with Gasteiger partial charge >= 0.3 is 0 Å². The third-order valence-electron chi connectivity index (χ3n) is 2.23. The van der Waals surface area contributed by atoms with Crippen molar-refractivity contribution >= 4 is 40.0 Å². The fraction of sp³-hybridized carbons (Fsp3) is 0.0833. The number of benzene rings is 1. The average molecular weight is 351 g/mol. The molecule has 0 saturated carbocycles. The highest BCUT2D eigenvalue weighted by molar-refractivity contribution is 14.1. The van der Waals surface area contributed by atoms with Crippen LogP contribution in [0.4, 0.5) is 17.5 Å². The van der Waals surface area contributed by atoms with Crippen molar-refractivity contribution in [1.82, 2.24) is 9.97 Å². The molecule has 0 spiro atoms. The minimum absolute atomic E-state index is 0.495. The van der Waals surface area contributed by atoms with E-state index in [1.165, 1.54) is 0 Å². The third-order valence-corrected chi connectivity index (χ3v) is 3.02. The van der Waals surface area contributed by atoms with Crippen molar-refractivity contribution in [2.24, 2.45) is 0 Å². The highest BCUT2D eigenvalue weighted by Crippen LogP contribution is 2.18. The van der Waals surface area contributed by atoms with Crippen LogP contribution in [0.5, 0.6) is 0 Å². The summed E-state index contributed by atoms with van der Waals surface area (Å²) in [5.41, 5.74) is 1.39. The number of nitrogens with zero attached hydrogens (tertiary/aromatic N) is 3. The van der Waals surface area contributed by atoms with Crippen LogP contribution in [0.25, 0.3) is 0 Å². The Kier molecular flexibility index (Phi) is 3.94. The Labute approximate surface area is 118 Å². The molecule has 5 nitrogen and oxygen atoms in total. The normalized spacial score (nSPS) is 9.61. The summed E-state index contributed by atoms with van der Waals surface area (Å²) < 4.78 is 0.950. The van der Waals surface area contributed by atoms with Crippen molar-refractivity contribution in [2.75, 3.05) is 17.7 Å². The Balaban J connectivity index is 2.26. The molecular weight excluding hydrogens is 341 g/mol. The summed E-state index contributed by atoms with van der Waals surface area (Å²) in [6.07, 6.45) is 1.73. The van der Waals surface area contributed by atoms with Gasteiger partial charge in [-0.1, -0.05) is 6.07 Å². The van der Waals surface area contributed by atoms with Gasteiger partial charge in [-0.15, -0.1) is 0 Å². The van der Waals surface area contributed by atoms with Crippen molar-refractivity contribution in [2.45, 2.75) is 0 Å². The SMILES string of the molecule is CNc1nc(Nc2cccc(C#N)c2)ncc1I. The molecule has 2 N–H and O–H groups in total. The van der Waals surface area contributed by atoms with E-state index in [1.807, 2.05) is 19.2 Å². The number of nitriles is 1. The highest BCUT2D eigenvalue weighted by atomic mass is 127. The molecule has 18 heavy (non-hydrogen) atoms.